The highest BCUT2D eigenvalue weighted by Gasteiger charge is 2.17. The average Bonchev–Trinajstić information content (AvgIpc) is 2.64. The Kier molecular flexibility index (Phi) is 6.98. The second-order valence-electron chi connectivity index (χ2n) is 5.52. The van der Waals surface area contributed by atoms with Crippen molar-refractivity contribution in [2.75, 3.05) is 20.2 Å². The molecule has 0 fully saturated rings. The molecule has 0 unspecified atom stereocenters. The number of nitrogens with one attached hydrogen (secondary N) is 2. The number of carboxylic acids is 1. The highest BCUT2D eigenvalue weighted by molar-refractivity contribution is 5.94. The molecule has 2 aromatic rings. The van der Waals surface area contributed by atoms with Crippen molar-refractivity contribution in [1.82, 2.24) is 10.6 Å². The van der Waals surface area contributed by atoms with Gasteiger partial charge in [0.2, 0.25) is 0 Å². The van der Waals surface area contributed by atoms with Gasteiger partial charge in [-0.15, -0.1) is 0 Å². The summed E-state index contributed by atoms with van der Waals surface area (Å²) in [6.45, 7) is 0.703. The molecule has 2 aromatic carbocycles. The number of ether oxygens (including phenoxy) is 1. The first-order chi connectivity index (χ1) is 12.1. The molecule has 6 nitrogen and oxygen atoms in total. The Labute approximate surface area is 146 Å². The molecule has 0 aliphatic heterocycles. The predicted octanol–water partition coefficient (Wildman–Crippen LogP) is 1.71. The molecule has 0 heterocycles. The van der Waals surface area contributed by atoms with Crippen LogP contribution in [0.15, 0.2) is 54.6 Å². The molecule has 1 amide bonds. The maximum Gasteiger partial charge on any atom is 0.321 e. The van der Waals surface area contributed by atoms with Crippen LogP contribution in [0, 0.1) is 0 Å². The van der Waals surface area contributed by atoms with E-state index in [4.69, 9.17) is 4.74 Å². The van der Waals surface area contributed by atoms with Gasteiger partial charge in [0.05, 0.1) is 7.11 Å². The molecule has 6 heteroatoms. The SMILES string of the molecule is COc1ccc(C(=O)NCCN[C@@H](Cc2ccccc2)C(=O)O)cc1. The molecule has 2 rings (SSSR count). The van der Waals surface area contributed by atoms with Crippen LogP contribution in [-0.4, -0.2) is 43.2 Å². The molecule has 0 aromatic heterocycles. The first-order valence-corrected chi connectivity index (χ1v) is 8.02. The zero-order valence-corrected chi connectivity index (χ0v) is 14.1. The molecule has 0 saturated carbocycles. The van der Waals surface area contributed by atoms with Gasteiger partial charge in [0.25, 0.3) is 5.91 Å². The molecule has 1 atom stereocenters. The summed E-state index contributed by atoms with van der Waals surface area (Å²) in [6.07, 6.45) is 0.391. The van der Waals surface area contributed by atoms with Crippen LogP contribution in [0.2, 0.25) is 0 Å². The van der Waals surface area contributed by atoms with E-state index in [0.717, 1.165) is 5.56 Å². The van der Waals surface area contributed by atoms with E-state index < -0.39 is 12.0 Å². The minimum atomic E-state index is -0.912. The number of rotatable bonds is 9. The highest BCUT2D eigenvalue weighted by atomic mass is 16.5. The Morgan fingerprint density at radius 1 is 1.04 bits per heavy atom. The van der Waals surface area contributed by atoms with Gasteiger partial charge < -0.3 is 20.5 Å². The summed E-state index contributed by atoms with van der Waals surface area (Å²) in [5.74, 6) is -0.437. The van der Waals surface area contributed by atoms with Gasteiger partial charge in [-0.25, -0.2) is 0 Å². The number of carboxylic acid groups (broad SMARTS) is 1. The Morgan fingerprint density at radius 2 is 1.72 bits per heavy atom. The quantitative estimate of drug-likeness (QED) is 0.604. The third-order valence-corrected chi connectivity index (χ3v) is 3.73. The Balaban J connectivity index is 1.77. The average molecular weight is 342 g/mol. The fourth-order valence-electron chi connectivity index (χ4n) is 2.36. The van der Waals surface area contributed by atoms with Crippen molar-refractivity contribution >= 4 is 11.9 Å². The van der Waals surface area contributed by atoms with Crippen LogP contribution in [0.5, 0.6) is 5.75 Å². The minimum absolute atomic E-state index is 0.209. The van der Waals surface area contributed by atoms with E-state index in [9.17, 15) is 14.7 Å². The van der Waals surface area contributed by atoms with Crippen LogP contribution in [0.1, 0.15) is 15.9 Å². The molecule has 25 heavy (non-hydrogen) atoms. The fraction of sp³-hybridized carbons (Fsp3) is 0.263. The summed E-state index contributed by atoms with van der Waals surface area (Å²) >= 11 is 0. The first-order valence-electron chi connectivity index (χ1n) is 8.02. The smallest absolute Gasteiger partial charge is 0.321 e. The minimum Gasteiger partial charge on any atom is -0.497 e. The lowest BCUT2D eigenvalue weighted by molar-refractivity contribution is -0.139. The number of benzene rings is 2. The van der Waals surface area contributed by atoms with Crippen LogP contribution in [-0.2, 0) is 11.2 Å². The molecule has 0 radical (unpaired) electrons. The molecule has 0 aliphatic rings. The van der Waals surface area contributed by atoms with Crippen LogP contribution in [0.25, 0.3) is 0 Å². The van der Waals surface area contributed by atoms with Crippen LogP contribution in [0.3, 0.4) is 0 Å². The largest absolute Gasteiger partial charge is 0.497 e. The summed E-state index contributed by atoms with van der Waals surface area (Å²) in [5.41, 5.74) is 1.48. The molecule has 0 aliphatic carbocycles. The van der Waals surface area contributed by atoms with E-state index in [2.05, 4.69) is 10.6 Å². The van der Waals surface area contributed by atoms with Crippen molar-refractivity contribution in [3.63, 3.8) is 0 Å². The van der Waals surface area contributed by atoms with E-state index in [1.165, 1.54) is 0 Å². The number of carbonyl (C=O) groups is 2. The molecule has 132 valence electrons. The summed E-state index contributed by atoms with van der Waals surface area (Å²) in [4.78, 5) is 23.4. The zero-order valence-electron chi connectivity index (χ0n) is 14.1. The fourth-order valence-corrected chi connectivity index (χ4v) is 2.36. The molecule has 0 spiro atoms. The van der Waals surface area contributed by atoms with Gasteiger partial charge in [0, 0.05) is 18.7 Å². The number of carbonyl (C=O) groups excluding carboxylic acids is 1. The molecular weight excluding hydrogens is 320 g/mol. The molecular formula is C19H22N2O4. The zero-order chi connectivity index (χ0) is 18.1. The second kappa shape index (κ2) is 9.44. The molecule has 0 bridgehead atoms. The summed E-state index contributed by atoms with van der Waals surface area (Å²) in [7, 11) is 1.56. The number of hydrogen-bond acceptors (Lipinski definition) is 4. The van der Waals surface area contributed by atoms with Crippen LogP contribution in [0.4, 0.5) is 0 Å². The van der Waals surface area contributed by atoms with Crippen LogP contribution < -0.4 is 15.4 Å². The molecule has 3 N–H and O–H groups in total. The standard InChI is InChI=1S/C19H22N2O4/c1-25-16-9-7-15(8-10-16)18(22)21-12-11-20-17(19(23)24)13-14-5-3-2-4-6-14/h2-10,17,20H,11-13H2,1H3,(H,21,22)(H,23,24)/t17-/m0/s1. The summed E-state index contributed by atoms with van der Waals surface area (Å²) in [6, 6.07) is 15.5. The Morgan fingerprint density at radius 3 is 2.32 bits per heavy atom. The van der Waals surface area contributed by atoms with Crippen molar-refractivity contribution in [2.45, 2.75) is 12.5 Å². The van der Waals surface area contributed by atoms with E-state index >= 15 is 0 Å². The van der Waals surface area contributed by atoms with Crippen molar-refractivity contribution < 1.29 is 19.4 Å². The van der Waals surface area contributed by atoms with Crippen molar-refractivity contribution in [3.05, 3.63) is 65.7 Å². The van der Waals surface area contributed by atoms with E-state index in [1.807, 2.05) is 30.3 Å². The second-order valence-corrected chi connectivity index (χ2v) is 5.52. The lowest BCUT2D eigenvalue weighted by Gasteiger charge is -2.15. The van der Waals surface area contributed by atoms with E-state index in [-0.39, 0.29) is 5.91 Å². The van der Waals surface area contributed by atoms with Crippen molar-refractivity contribution in [2.24, 2.45) is 0 Å². The number of aliphatic carboxylic acids is 1. The Hall–Kier alpha value is -2.86. The van der Waals surface area contributed by atoms with E-state index in [0.29, 0.717) is 30.8 Å². The van der Waals surface area contributed by atoms with Gasteiger partial charge >= 0.3 is 5.97 Å². The van der Waals surface area contributed by atoms with Gasteiger partial charge in [-0.05, 0) is 36.2 Å². The lowest BCUT2D eigenvalue weighted by Crippen LogP contribution is -2.42. The third kappa shape index (κ3) is 5.93. The lowest BCUT2D eigenvalue weighted by atomic mass is 10.1. The monoisotopic (exact) mass is 342 g/mol. The topological polar surface area (TPSA) is 87.7 Å². The first kappa shape index (κ1) is 18.5. The van der Waals surface area contributed by atoms with Crippen molar-refractivity contribution in [3.8, 4) is 5.75 Å². The van der Waals surface area contributed by atoms with Gasteiger partial charge in [-0.3, -0.25) is 9.59 Å². The molecule has 0 saturated heterocycles. The van der Waals surface area contributed by atoms with Gasteiger partial charge in [0.15, 0.2) is 0 Å². The van der Waals surface area contributed by atoms with Crippen LogP contribution >= 0.6 is 0 Å². The maximum atomic E-state index is 12.0. The number of hydrogen-bond donors (Lipinski definition) is 3. The van der Waals surface area contributed by atoms with Gasteiger partial charge in [-0.2, -0.15) is 0 Å². The summed E-state index contributed by atoms with van der Waals surface area (Å²) < 4.78 is 5.05. The summed E-state index contributed by atoms with van der Waals surface area (Å²) in [5, 5.41) is 15.0. The number of amides is 1. The predicted molar refractivity (Wildman–Crippen MR) is 94.9 cm³/mol. The van der Waals surface area contributed by atoms with Gasteiger partial charge in [0.1, 0.15) is 11.8 Å². The van der Waals surface area contributed by atoms with E-state index in [1.54, 1.807) is 31.4 Å². The number of methoxy groups -OCH3 is 1. The highest BCUT2D eigenvalue weighted by Crippen LogP contribution is 2.10. The Bertz CT molecular complexity index is 686. The normalized spacial score (nSPS) is 11.6. The van der Waals surface area contributed by atoms with Gasteiger partial charge in [-0.1, -0.05) is 30.3 Å². The van der Waals surface area contributed by atoms with Crippen molar-refractivity contribution in [1.29, 1.82) is 0 Å². The third-order valence-electron chi connectivity index (χ3n) is 3.73. The maximum absolute atomic E-state index is 12.0.